The third-order valence-corrected chi connectivity index (χ3v) is 4.20. The lowest BCUT2D eigenvalue weighted by Gasteiger charge is -2.32. The zero-order chi connectivity index (χ0) is 19.6. The molecule has 6 nitrogen and oxygen atoms in total. The van der Waals surface area contributed by atoms with E-state index in [1.807, 2.05) is 6.92 Å². The quantitative estimate of drug-likeness (QED) is 0.818. The number of aryl methyl sites for hydroxylation is 2. The maximum atomic E-state index is 12.6. The average Bonchev–Trinajstić information content (AvgIpc) is 2.60. The molecule has 9 heteroatoms. The van der Waals surface area contributed by atoms with E-state index in [9.17, 15) is 18.0 Å². The predicted octanol–water partition coefficient (Wildman–Crippen LogP) is 3.19. The van der Waals surface area contributed by atoms with Crippen LogP contribution in [-0.4, -0.2) is 45.0 Å². The van der Waals surface area contributed by atoms with Crippen LogP contribution >= 0.6 is 0 Å². The molecule has 27 heavy (non-hydrogen) atoms. The van der Waals surface area contributed by atoms with E-state index < -0.39 is 11.9 Å². The molecule has 0 bridgehead atoms. The Labute approximate surface area is 154 Å². The van der Waals surface area contributed by atoms with Gasteiger partial charge in [0.1, 0.15) is 17.6 Å². The van der Waals surface area contributed by atoms with Gasteiger partial charge in [-0.1, -0.05) is 0 Å². The third-order valence-electron chi connectivity index (χ3n) is 4.20. The molecular formula is C18H19F3N4O2. The van der Waals surface area contributed by atoms with Gasteiger partial charge in [0, 0.05) is 24.5 Å². The second kappa shape index (κ2) is 7.50. The summed E-state index contributed by atoms with van der Waals surface area (Å²) in [5, 5.41) is 0. The van der Waals surface area contributed by atoms with Crippen LogP contribution in [-0.2, 0) is 6.18 Å². The number of nitrogens with zero attached hydrogens (tertiary/aromatic N) is 4. The minimum absolute atomic E-state index is 0.123. The van der Waals surface area contributed by atoms with E-state index in [0.717, 1.165) is 36.9 Å². The number of likely N-dealkylation sites (tertiary alicyclic amines) is 1. The fourth-order valence-electron chi connectivity index (χ4n) is 3.00. The molecule has 1 fully saturated rings. The molecule has 2 aromatic heterocycles. The molecular weight excluding hydrogens is 361 g/mol. The van der Waals surface area contributed by atoms with Gasteiger partial charge in [-0.25, -0.2) is 4.98 Å². The molecule has 0 radical (unpaired) electrons. The maximum absolute atomic E-state index is 12.6. The Morgan fingerprint density at radius 1 is 1.26 bits per heavy atom. The van der Waals surface area contributed by atoms with Gasteiger partial charge < -0.3 is 9.64 Å². The van der Waals surface area contributed by atoms with Gasteiger partial charge in [0.2, 0.25) is 5.88 Å². The van der Waals surface area contributed by atoms with Crippen LogP contribution in [0.1, 0.15) is 40.4 Å². The largest absolute Gasteiger partial charge is 0.472 e. The number of amides is 1. The first-order valence-electron chi connectivity index (χ1n) is 8.54. The first-order chi connectivity index (χ1) is 12.7. The summed E-state index contributed by atoms with van der Waals surface area (Å²) in [5.41, 5.74) is -0.108. The second-order valence-electron chi connectivity index (χ2n) is 6.46. The van der Waals surface area contributed by atoms with Crippen molar-refractivity contribution in [2.45, 2.75) is 39.0 Å². The van der Waals surface area contributed by atoms with Crippen molar-refractivity contribution in [2.75, 3.05) is 13.1 Å². The number of pyridine rings is 1. The molecule has 1 atom stereocenters. The fraction of sp³-hybridized carbons (Fsp3) is 0.444. The van der Waals surface area contributed by atoms with Crippen molar-refractivity contribution < 1.29 is 22.7 Å². The molecule has 0 aromatic carbocycles. The molecule has 1 amide bonds. The number of alkyl halides is 3. The number of hydrogen-bond acceptors (Lipinski definition) is 5. The summed E-state index contributed by atoms with van der Waals surface area (Å²) < 4.78 is 43.7. The number of rotatable bonds is 3. The van der Waals surface area contributed by atoms with Crippen LogP contribution in [0.15, 0.2) is 24.4 Å². The zero-order valence-corrected chi connectivity index (χ0v) is 15.0. The molecule has 1 unspecified atom stereocenters. The summed E-state index contributed by atoms with van der Waals surface area (Å²) in [4.78, 5) is 25.9. The lowest BCUT2D eigenvalue weighted by molar-refractivity contribution is -0.141. The standard InChI is InChI=1S/C18H19F3N4O2/c1-11-8-16(24-12(2)23-11)27-14-4-3-7-25(10-14)17(26)13-5-6-15(22-9-13)18(19,20)21/h5-6,8-9,14H,3-4,7,10H2,1-2H3. The van der Waals surface area contributed by atoms with E-state index in [4.69, 9.17) is 4.74 Å². The van der Waals surface area contributed by atoms with Gasteiger partial charge in [-0.15, -0.1) is 0 Å². The fourth-order valence-corrected chi connectivity index (χ4v) is 3.00. The van der Waals surface area contributed by atoms with Crippen molar-refractivity contribution in [2.24, 2.45) is 0 Å². The van der Waals surface area contributed by atoms with Crippen LogP contribution in [0, 0.1) is 13.8 Å². The molecule has 3 heterocycles. The number of carbonyl (C=O) groups excluding carboxylic acids is 1. The number of carbonyl (C=O) groups is 1. The van der Waals surface area contributed by atoms with Crippen molar-refractivity contribution in [1.29, 1.82) is 0 Å². The van der Waals surface area contributed by atoms with Crippen LogP contribution in [0.4, 0.5) is 13.2 Å². The SMILES string of the molecule is Cc1cc(OC2CCCN(C(=O)c3ccc(C(F)(F)F)nc3)C2)nc(C)n1. The first kappa shape index (κ1) is 19.1. The van der Waals surface area contributed by atoms with Gasteiger partial charge in [0.15, 0.2) is 0 Å². The lowest BCUT2D eigenvalue weighted by Crippen LogP contribution is -2.44. The molecule has 3 rings (SSSR count). The van der Waals surface area contributed by atoms with Gasteiger partial charge in [0.05, 0.1) is 12.1 Å². The number of piperidine rings is 1. The number of aromatic nitrogens is 3. The lowest BCUT2D eigenvalue weighted by atomic mass is 10.1. The predicted molar refractivity (Wildman–Crippen MR) is 90.3 cm³/mol. The highest BCUT2D eigenvalue weighted by Gasteiger charge is 2.33. The average molecular weight is 380 g/mol. The van der Waals surface area contributed by atoms with Crippen molar-refractivity contribution in [3.05, 3.63) is 47.2 Å². The van der Waals surface area contributed by atoms with E-state index in [0.29, 0.717) is 24.8 Å². The highest BCUT2D eigenvalue weighted by molar-refractivity contribution is 5.94. The molecule has 1 aliphatic rings. The number of halogens is 3. The molecule has 1 saturated heterocycles. The Balaban J connectivity index is 1.67. The smallest absolute Gasteiger partial charge is 0.433 e. The summed E-state index contributed by atoms with van der Waals surface area (Å²) in [7, 11) is 0. The van der Waals surface area contributed by atoms with E-state index >= 15 is 0 Å². The maximum Gasteiger partial charge on any atom is 0.433 e. The molecule has 0 saturated carbocycles. The first-order valence-corrected chi connectivity index (χ1v) is 8.54. The van der Waals surface area contributed by atoms with Gasteiger partial charge >= 0.3 is 6.18 Å². The number of ether oxygens (including phenoxy) is 1. The van der Waals surface area contributed by atoms with Gasteiger partial charge in [-0.05, 0) is 38.8 Å². The monoisotopic (exact) mass is 380 g/mol. The molecule has 0 aliphatic carbocycles. The Morgan fingerprint density at radius 2 is 2.04 bits per heavy atom. The Kier molecular flexibility index (Phi) is 5.29. The van der Waals surface area contributed by atoms with Crippen LogP contribution < -0.4 is 4.74 Å². The minimum atomic E-state index is -4.53. The Morgan fingerprint density at radius 3 is 2.67 bits per heavy atom. The molecule has 0 spiro atoms. The summed E-state index contributed by atoms with van der Waals surface area (Å²) in [6.07, 6.45) is -2.31. The molecule has 1 aliphatic heterocycles. The summed E-state index contributed by atoms with van der Waals surface area (Å²) in [6, 6.07) is 3.70. The van der Waals surface area contributed by atoms with Crippen LogP contribution in [0.5, 0.6) is 5.88 Å². The Hall–Kier alpha value is -2.71. The summed E-state index contributed by atoms with van der Waals surface area (Å²) in [5.74, 6) is 0.694. The van der Waals surface area contributed by atoms with Crippen LogP contribution in [0.3, 0.4) is 0 Å². The Bertz CT molecular complexity index is 804. The minimum Gasteiger partial charge on any atom is -0.472 e. The highest BCUT2D eigenvalue weighted by atomic mass is 19.4. The van der Waals surface area contributed by atoms with E-state index in [2.05, 4.69) is 15.0 Å². The summed E-state index contributed by atoms with van der Waals surface area (Å²) >= 11 is 0. The van der Waals surface area contributed by atoms with Crippen molar-refractivity contribution in [3.63, 3.8) is 0 Å². The van der Waals surface area contributed by atoms with Gasteiger partial charge in [-0.3, -0.25) is 9.78 Å². The van der Waals surface area contributed by atoms with Crippen molar-refractivity contribution in [1.82, 2.24) is 19.9 Å². The van der Waals surface area contributed by atoms with Crippen molar-refractivity contribution >= 4 is 5.91 Å². The van der Waals surface area contributed by atoms with E-state index in [1.165, 1.54) is 0 Å². The normalized spacial score (nSPS) is 17.7. The zero-order valence-electron chi connectivity index (χ0n) is 15.0. The van der Waals surface area contributed by atoms with Gasteiger partial charge in [-0.2, -0.15) is 18.2 Å². The van der Waals surface area contributed by atoms with Crippen LogP contribution in [0.2, 0.25) is 0 Å². The molecule has 144 valence electrons. The topological polar surface area (TPSA) is 68.2 Å². The highest BCUT2D eigenvalue weighted by Crippen LogP contribution is 2.27. The molecule has 2 aromatic rings. The van der Waals surface area contributed by atoms with E-state index in [-0.39, 0.29) is 17.6 Å². The van der Waals surface area contributed by atoms with Crippen molar-refractivity contribution in [3.8, 4) is 5.88 Å². The summed E-state index contributed by atoms with van der Waals surface area (Å²) in [6.45, 7) is 4.47. The third kappa shape index (κ3) is 4.72. The van der Waals surface area contributed by atoms with E-state index in [1.54, 1.807) is 17.9 Å². The van der Waals surface area contributed by atoms with Gasteiger partial charge in [0.25, 0.3) is 5.91 Å². The molecule has 0 N–H and O–H groups in total. The number of hydrogen-bond donors (Lipinski definition) is 0. The van der Waals surface area contributed by atoms with Crippen LogP contribution in [0.25, 0.3) is 0 Å². The second-order valence-corrected chi connectivity index (χ2v) is 6.46.